The van der Waals surface area contributed by atoms with Crippen LogP contribution in [0.1, 0.15) is 10.4 Å². The van der Waals surface area contributed by atoms with Gasteiger partial charge in [0.05, 0.1) is 0 Å². The van der Waals surface area contributed by atoms with E-state index in [1.54, 1.807) is 18.2 Å². The van der Waals surface area contributed by atoms with Crippen LogP contribution < -0.4 is 20.5 Å². The maximum Gasteiger partial charge on any atom is 0.255 e. The number of carbonyl (C=O) groups is 1. The summed E-state index contributed by atoms with van der Waals surface area (Å²) in [5.41, 5.74) is 6.41. The molecule has 0 aliphatic carbocycles. The second-order valence-electron chi connectivity index (χ2n) is 4.59. The SMILES string of the molecule is Nc1cc(F)cc(C(=O)Nc2ccc3c(c2)OCCO3)c1. The van der Waals surface area contributed by atoms with Gasteiger partial charge in [-0.2, -0.15) is 0 Å². The quantitative estimate of drug-likeness (QED) is 0.832. The van der Waals surface area contributed by atoms with Crippen molar-refractivity contribution in [3.63, 3.8) is 0 Å². The van der Waals surface area contributed by atoms with Crippen molar-refractivity contribution in [2.24, 2.45) is 0 Å². The lowest BCUT2D eigenvalue weighted by Gasteiger charge is -2.19. The zero-order valence-corrected chi connectivity index (χ0v) is 11.1. The third-order valence-corrected chi connectivity index (χ3v) is 2.98. The first kappa shape index (κ1) is 13.2. The highest BCUT2D eigenvalue weighted by molar-refractivity contribution is 6.04. The van der Waals surface area contributed by atoms with E-state index in [9.17, 15) is 9.18 Å². The highest BCUT2D eigenvalue weighted by atomic mass is 19.1. The number of benzene rings is 2. The molecule has 0 fully saturated rings. The molecule has 0 bridgehead atoms. The standard InChI is InChI=1S/C15H13FN2O3/c16-10-5-9(6-11(17)7-10)15(19)18-12-1-2-13-14(8-12)21-4-3-20-13/h1-2,5-8H,3-4,17H2,(H,18,19). The molecule has 1 aliphatic rings. The Kier molecular flexibility index (Phi) is 3.35. The first-order chi connectivity index (χ1) is 10.1. The van der Waals surface area contributed by atoms with Crippen molar-refractivity contribution in [1.82, 2.24) is 0 Å². The third kappa shape index (κ3) is 2.89. The topological polar surface area (TPSA) is 73.6 Å². The fourth-order valence-corrected chi connectivity index (χ4v) is 2.07. The molecule has 0 atom stereocenters. The molecule has 0 saturated heterocycles. The van der Waals surface area contributed by atoms with E-state index in [2.05, 4.69) is 5.32 Å². The van der Waals surface area contributed by atoms with Gasteiger partial charge in [0.1, 0.15) is 19.0 Å². The molecular weight excluding hydrogens is 275 g/mol. The van der Waals surface area contributed by atoms with E-state index in [1.807, 2.05) is 0 Å². The van der Waals surface area contributed by atoms with Crippen molar-refractivity contribution in [2.45, 2.75) is 0 Å². The van der Waals surface area contributed by atoms with Gasteiger partial charge >= 0.3 is 0 Å². The summed E-state index contributed by atoms with van der Waals surface area (Å²) in [4.78, 5) is 12.1. The van der Waals surface area contributed by atoms with E-state index in [0.29, 0.717) is 30.4 Å². The van der Waals surface area contributed by atoms with Crippen molar-refractivity contribution in [3.05, 3.63) is 47.8 Å². The Morgan fingerprint density at radius 1 is 1.10 bits per heavy atom. The molecule has 3 N–H and O–H groups in total. The molecule has 0 spiro atoms. The van der Waals surface area contributed by atoms with Gasteiger partial charge in [-0.3, -0.25) is 4.79 Å². The lowest BCUT2D eigenvalue weighted by atomic mass is 10.1. The third-order valence-electron chi connectivity index (χ3n) is 2.98. The summed E-state index contributed by atoms with van der Waals surface area (Å²) in [6, 6.07) is 8.76. The molecule has 108 valence electrons. The summed E-state index contributed by atoms with van der Waals surface area (Å²) in [5.74, 6) is 0.201. The van der Waals surface area contributed by atoms with Crippen molar-refractivity contribution in [3.8, 4) is 11.5 Å². The predicted molar refractivity (Wildman–Crippen MR) is 76.2 cm³/mol. The molecule has 1 aliphatic heterocycles. The molecule has 3 rings (SSSR count). The van der Waals surface area contributed by atoms with Crippen molar-refractivity contribution >= 4 is 17.3 Å². The van der Waals surface area contributed by atoms with Crippen molar-refractivity contribution in [1.29, 1.82) is 0 Å². The normalized spacial score (nSPS) is 12.8. The fourth-order valence-electron chi connectivity index (χ4n) is 2.07. The van der Waals surface area contributed by atoms with Crippen LogP contribution in [-0.2, 0) is 0 Å². The molecule has 5 nitrogen and oxygen atoms in total. The van der Waals surface area contributed by atoms with Gasteiger partial charge in [0.15, 0.2) is 11.5 Å². The van der Waals surface area contributed by atoms with E-state index in [-0.39, 0.29) is 11.3 Å². The van der Waals surface area contributed by atoms with Crippen LogP contribution in [0.15, 0.2) is 36.4 Å². The number of fused-ring (bicyclic) bond motifs is 1. The van der Waals surface area contributed by atoms with Gasteiger partial charge in [0, 0.05) is 23.0 Å². The fraction of sp³-hybridized carbons (Fsp3) is 0.133. The van der Waals surface area contributed by atoms with Crippen LogP contribution in [0, 0.1) is 5.82 Å². The minimum absolute atomic E-state index is 0.155. The van der Waals surface area contributed by atoms with E-state index in [0.717, 1.165) is 12.1 Å². The summed E-state index contributed by atoms with van der Waals surface area (Å²) in [7, 11) is 0. The number of carbonyl (C=O) groups excluding carboxylic acids is 1. The number of rotatable bonds is 2. The maximum absolute atomic E-state index is 13.3. The Morgan fingerprint density at radius 2 is 1.86 bits per heavy atom. The Morgan fingerprint density at radius 3 is 2.62 bits per heavy atom. The molecule has 6 heteroatoms. The first-order valence-corrected chi connectivity index (χ1v) is 6.39. The van der Waals surface area contributed by atoms with Gasteiger partial charge in [-0.05, 0) is 30.3 Å². The second-order valence-corrected chi connectivity index (χ2v) is 4.59. The minimum Gasteiger partial charge on any atom is -0.486 e. The lowest BCUT2D eigenvalue weighted by Crippen LogP contribution is -2.16. The highest BCUT2D eigenvalue weighted by Crippen LogP contribution is 2.32. The number of hydrogen-bond donors (Lipinski definition) is 2. The van der Waals surface area contributed by atoms with Gasteiger partial charge in [0.25, 0.3) is 5.91 Å². The molecule has 1 amide bonds. The highest BCUT2D eigenvalue weighted by Gasteiger charge is 2.14. The van der Waals surface area contributed by atoms with E-state index < -0.39 is 11.7 Å². The number of nitrogens with two attached hydrogens (primary N) is 1. The molecule has 2 aromatic carbocycles. The molecule has 21 heavy (non-hydrogen) atoms. The van der Waals surface area contributed by atoms with Crippen LogP contribution in [0.5, 0.6) is 11.5 Å². The van der Waals surface area contributed by atoms with Crippen LogP contribution in [-0.4, -0.2) is 19.1 Å². The van der Waals surface area contributed by atoms with Gasteiger partial charge in [-0.25, -0.2) is 4.39 Å². The van der Waals surface area contributed by atoms with Crippen LogP contribution in [0.4, 0.5) is 15.8 Å². The summed E-state index contributed by atoms with van der Waals surface area (Å²) < 4.78 is 24.1. The Labute approximate surface area is 120 Å². The van der Waals surface area contributed by atoms with E-state index >= 15 is 0 Å². The Bertz CT molecular complexity index is 683. The Hall–Kier alpha value is -2.76. The molecule has 0 saturated carbocycles. The van der Waals surface area contributed by atoms with Crippen LogP contribution in [0.25, 0.3) is 0 Å². The number of nitrogens with one attached hydrogen (secondary N) is 1. The number of halogens is 1. The molecular formula is C15H13FN2O3. The van der Waals surface area contributed by atoms with Crippen molar-refractivity contribution in [2.75, 3.05) is 24.3 Å². The molecule has 0 radical (unpaired) electrons. The predicted octanol–water partition coefficient (Wildman–Crippen LogP) is 2.43. The number of anilines is 2. The van der Waals surface area contributed by atoms with Gasteiger partial charge in [0.2, 0.25) is 0 Å². The summed E-state index contributed by atoms with van der Waals surface area (Å²) in [6.45, 7) is 0.964. The van der Waals surface area contributed by atoms with Gasteiger partial charge in [-0.1, -0.05) is 0 Å². The van der Waals surface area contributed by atoms with Crippen molar-refractivity contribution < 1.29 is 18.7 Å². The van der Waals surface area contributed by atoms with E-state index in [1.165, 1.54) is 6.07 Å². The maximum atomic E-state index is 13.3. The molecule has 1 heterocycles. The average Bonchev–Trinajstić information content (AvgIpc) is 2.46. The molecule has 0 aromatic heterocycles. The smallest absolute Gasteiger partial charge is 0.255 e. The summed E-state index contributed by atoms with van der Waals surface area (Å²) >= 11 is 0. The Balaban J connectivity index is 1.81. The number of hydrogen-bond acceptors (Lipinski definition) is 4. The average molecular weight is 288 g/mol. The number of amides is 1. The number of ether oxygens (including phenoxy) is 2. The van der Waals surface area contributed by atoms with Gasteiger partial charge in [-0.15, -0.1) is 0 Å². The molecule has 0 unspecified atom stereocenters. The first-order valence-electron chi connectivity index (χ1n) is 6.39. The largest absolute Gasteiger partial charge is 0.486 e. The zero-order chi connectivity index (χ0) is 14.8. The summed E-state index contributed by atoms with van der Waals surface area (Å²) in [5, 5.41) is 2.67. The van der Waals surface area contributed by atoms with E-state index in [4.69, 9.17) is 15.2 Å². The lowest BCUT2D eigenvalue weighted by molar-refractivity contribution is 0.102. The van der Waals surface area contributed by atoms with Crippen LogP contribution in [0.3, 0.4) is 0 Å². The number of nitrogen functional groups attached to an aromatic ring is 1. The molecule has 2 aromatic rings. The van der Waals surface area contributed by atoms with Crippen LogP contribution >= 0.6 is 0 Å². The van der Waals surface area contributed by atoms with Gasteiger partial charge < -0.3 is 20.5 Å². The summed E-state index contributed by atoms with van der Waals surface area (Å²) in [6.07, 6.45) is 0. The second kappa shape index (κ2) is 5.32. The zero-order valence-electron chi connectivity index (χ0n) is 11.1. The monoisotopic (exact) mass is 288 g/mol. The minimum atomic E-state index is -0.553. The van der Waals surface area contributed by atoms with Crippen LogP contribution in [0.2, 0.25) is 0 Å².